The van der Waals surface area contributed by atoms with Crippen molar-refractivity contribution < 1.29 is 8.78 Å². The van der Waals surface area contributed by atoms with Crippen molar-refractivity contribution in [1.82, 2.24) is 9.88 Å². The van der Waals surface area contributed by atoms with Crippen LogP contribution < -0.4 is 5.73 Å². The van der Waals surface area contributed by atoms with Crippen LogP contribution in [-0.4, -0.2) is 23.5 Å². The molecule has 0 aliphatic rings. The number of rotatable bonds is 5. The highest BCUT2D eigenvalue weighted by Crippen LogP contribution is 2.23. The minimum atomic E-state index is -0.589. The molecule has 0 aliphatic carbocycles. The van der Waals surface area contributed by atoms with E-state index in [9.17, 15) is 8.78 Å². The Morgan fingerprint density at radius 1 is 1.25 bits per heavy atom. The van der Waals surface area contributed by atoms with E-state index in [0.29, 0.717) is 12.1 Å². The van der Waals surface area contributed by atoms with Crippen LogP contribution in [0, 0.1) is 11.6 Å². The summed E-state index contributed by atoms with van der Waals surface area (Å²) in [5.74, 6) is -1.16. The topological polar surface area (TPSA) is 42.2 Å². The second-order valence-electron chi connectivity index (χ2n) is 4.65. The summed E-state index contributed by atoms with van der Waals surface area (Å²) in [6.45, 7) is 0.783. The lowest BCUT2D eigenvalue weighted by atomic mass is 10.0. The second kappa shape index (κ2) is 6.54. The molecule has 106 valence electrons. The number of aromatic nitrogens is 1. The van der Waals surface area contributed by atoms with E-state index in [1.165, 1.54) is 12.1 Å². The molecule has 2 rings (SSSR count). The van der Waals surface area contributed by atoms with Crippen LogP contribution in [0.5, 0.6) is 0 Å². The van der Waals surface area contributed by atoms with Crippen LogP contribution in [-0.2, 0) is 6.54 Å². The van der Waals surface area contributed by atoms with Gasteiger partial charge >= 0.3 is 0 Å². The molecular formula is C15H17F2N3. The third-order valence-electron chi connectivity index (χ3n) is 3.21. The third kappa shape index (κ3) is 3.37. The number of nitrogens with two attached hydrogens (primary N) is 1. The molecule has 1 atom stereocenters. The van der Waals surface area contributed by atoms with Crippen molar-refractivity contribution in [2.24, 2.45) is 5.73 Å². The predicted octanol–water partition coefficient (Wildman–Crippen LogP) is 2.49. The molecule has 0 saturated heterocycles. The first-order chi connectivity index (χ1) is 9.61. The first-order valence-corrected chi connectivity index (χ1v) is 6.37. The number of benzene rings is 1. The SMILES string of the molecule is CN(Cc1ccccn1)C(CN)c1ccc(F)cc1F. The van der Waals surface area contributed by atoms with Gasteiger partial charge in [-0.05, 0) is 25.2 Å². The number of nitrogens with zero attached hydrogens (tertiary/aromatic N) is 2. The monoisotopic (exact) mass is 277 g/mol. The van der Waals surface area contributed by atoms with Crippen LogP contribution in [0.1, 0.15) is 17.3 Å². The number of hydrogen-bond donors (Lipinski definition) is 1. The molecular weight excluding hydrogens is 260 g/mol. The molecule has 1 unspecified atom stereocenters. The molecule has 20 heavy (non-hydrogen) atoms. The zero-order valence-electron chi connectivity index (χ0n) is 11.3. The average molecular weight is 277 g/mol. The Hall–Kier alpha value is -1.85. The summed E-state index contributed by atoms with van der Waals surface area (Å²) in [7, 11) is 1.84. The predicted molar refractivity (Wildman–Crippen MR) is 73.9 cm³/mol. The molecule has 3 nitrogen and oxygen atoms in total. The van der Waals surface area contributed by atoms with Gasteiger partial charge in [0.15, 0.2) is 0 Å². The van der Waals surface area contributed by atoms with Crippen LogP contribution in [0.15, 0.2) is 42.6 Å². The first kappa shape index (κ1) is 14.6. The van der Waals surface area contributed by atoms with Crippen molar-refractivity contribution in [2.75, 3.05) is 13.6 Å². The van der Waals surface area contributed by atoms with E-state index in [0.717, 1.165) is 11.8 Å². The number of likely N-dealkylation sites (N-methyl/N-ethyl adjacent to an activating group) is 1. The maximum Gasteiger partial charge on any atom is 0.130 e. The van der Waals surface area contributed by atoms with E-state index >= 15 is 0 Å². The Labute approximate surface area is 117 Å². The zero-order chi connectivity index (χ0) is 14.5. The summed E-state index contributed by atoms with van der Waals surface area (Å²) in [5, 5.41) is 0. The summed E-state index contributed by atoms with van der Waals surface area (Å²) in [4.78, 5) is 6.13. The van der Waals surface area contributed by atoms with Gasteiger partial charge in [-0.15, -0.1) is 0 Å². The highest BCUT2D eigenvalue weighted by molar-refractivity contribution is 5.23. The quantitative estimate of drug-likeness (QED) is 0.913. The Bertz CT molecular complexity index is 560. The van der Waals surface area contributed by atoms with Gasteiger partial charge in [0.1, 0.15) is 11.6 Å². The summed E-state index contributed by atoms with van der Waals surface area (Å²) >= 11 is 0. The summed E-state index contributed by atoms with van der Waals surface area (Å²) in [6, 6.07) is 8.87. The van der Waals surface area contributed by atoms with Crippen molar-refractivity contribution in [1.29, 1.82) is 0 Å². The number of halogens is 2. The molecule has 0 aliphatic heterocycles. The summed E-state index contributed by atoms with van der Waals surface area (Å²) < 4.78 is 26.8. The Balaban J connectivity index is 2.19. The third-order valence-corrected chi connectivity index (χ3v) is 3.21. The van der Waals surface area contributed by atoms with Crippen molar-refractivity contribution in [3.8, 4) is 0 Å². The molecule has 0 saturated carbocycles. The maximum absolute atomic E-state index is 13.8. The average Bonchev–Trinajstić information content (AvgIpc) is 2.43. The molecule has 5 heteroatoms. The number of hydrogen-bond acceptors (Lipinski definition) is 3. The normalized spacial score (nSPS) is 12.7. The van der Waals surface area contributed by atoms with Gasteiger partial charge in [-0.25, -0.2) is 8.78 Å². The molecule has 1 aromatic heterocycles. The molecule has 0 fully saturated rings. The summed E-state index contributed by atoms with van der Waals surface area (Å²) in [5.41, 5.74) is 7.01. The Morgan fingerprint density at radius 3 is 2.65 bits per heavy atom. The Kier molecular flexibility index (Phi) is 4.76. The van der Waals surface area contributed by atoms with E-state index in [1.54, 1.807) is 6.20 Å². The lowest BCUT2D eigenvalue weighted by molar-refractivity contribution is 0.234. The Morgan fingerprint density at radius 2 is 2.05 bits per heavy atom. The molecule has 0 spiro atoms. The van der Waals surface area contributed by atoms with Crippen LogP contribution in [0.2, 0.25) is 0 Å². The largest absolute Gasteiger partial charge is 0.329 e. The first-order valence-electron chi connectivity index (χ1n) is 6.37. The van der Waals surface area contributed by atoms with Gasteiger partial charge in [0.05, 0.1) is 11.7 Å². The molecule has 2 N–H and O–H groups in total. The lowest BCUT2D eigenvalue weighted by Crippen LogP contribution is -2.31. The van der Waals surface area contributed by atoms with Gasteiger partial charge in [0, 0.05) is 30.9 Å². The van der Waals surface area contributed by atoms with Gasteiger partial charge in [0.2, 0.25) is 0 Å². The molecule has 0 radical (unpaired) electrons. The lowest BCUT2D eigenvalue weighted by Gasteiger charge is -2.27. The standard InChI is InChI=1S/C15H17F2N3/c1-20(10-12-4-2-3-7-19-12)15(9-18)13-6-5-11(16)8-14(13)17/h2-8,15H,9-10,18H2,1H3. The van der Waals surface area contributed by atoms with E-state index < -0.39 is 11.6 Å². The highest BCUT2D eigenvalue weighted by Gasteiger charge is 2.19. The summed E-state index contributed by atoms with van der Waals surface area (Å²) in [6.07, 6.45) is 1.71. The molecule has 1 aromatic carbocycles. The second-order valence-corrected chi connectivity index (χ2v) is 4.65. The van der Waals surface area contributed by atoms with Gasteiger partial charge in [0.25, 0.3) is 0 Å². The smallest absolute Gasteiger partial charge is 0.130 e. The fraction of sp³-hybridized carbons (Fsp3) is 0.267. The van der Waals surface area contributed by atoms with Gasteiger partial charge < -0.3 is 5.73 Å². The molecule has 2 aromatic rings. The highest BCUT2D eigenvalue weighted by atomic mass is 19.1. The van der Waals surface area contributed by atoms with Crippen molar-refractivity contribution >= 4 is 0 Å². The van der Waals surface area contributed by atoms with Crippen molar-refractivity contribution in [3.63, 3.8) is 0 Å². The van der Waals surface area contributed by atoms with E-state index in [1.807, 2.05) is 30.1 Å². The fourth-order valence-electron chi connectivity index (χ4n) is 2.17. The van der Waals surface area contributed by atoms with Gasteiger partial charge in [-0.3, -0.25) is 9.88 Å². The van der Waals surface area contributed by atoms with Crippen LogP contribution >= 0.6 is 0 Å². The van der Waals surface area contributed by atoms with Crippen LogP contribution in [0.25, 0.3) is 0 Å². The van der Waals surface area contributed by atoms with Crippen molar-refractivity contribution in [2.45, 2.75) is 12.6 Å². The zero-order valence-corrected chi connectivity index (χ0v) is 11.3. The molecule has 1 heterocycles. The minimum absolute atomic E-state index is 0.242. The van der Waals surface area contributed by atoms with E-state index in [-0.39, 0.29) is 12.6 Å². The van der Waals surface area contributed by atoms with Gasteiger partial charge in [-0.2, -0.15) is 0 Å². The van der Waals surface area contributed by atoms with Crippen LogP contribution in [0.4, 0.5) is 8.78 Å². The van der Waals surface area contributed by atoms with Crippen molar-refractivity contribution in [3.05, 3.63) is 65.5 Å². The van der Waals surface area contributed by atoms with Crippen LogP contribution in [0.3, 0.4) is 0 Å². The van der Waals surface area contributed by atoms with E-state index in [2.05, 4.69) is 4.98 Å². The van der Waals surface area contributed by atoms with Gasteiger partial charge in [-0.1, -0.05) is 12.1 Å². The van der Waals surface area contributed by atoms with E-state index in [4.69, 9.17) is 5.73 Å². The number of pyridine rings is 1. The maximum atomic E-state index is 13.8. The molecule has 0 bridgehead atoms. The minimum Gasteiger partial charge on any atom is -0.329 e. The fourth-order valence-corrected chi connectivity index (χ4v) is 2.17. The molecule has 0 amide bonds.